The van der Waals surface area contributed by atoms with Gasteiger partial charge in [-0.1, -0.05) is 17.7 Å². The molecule has 0 saturated heterocycles. The molecule has 0 aliphatic heterocycles. The van der Waals surface area contributed by atoms with Crippen LogP contribution >= 0.6 is 11.6 Å². The van der Waals surface area contributed by atoms with Crippen LogP contribution in [0.3, 0.4) is 0 Å². The first kappa shape index (κ1) is 13.5. The van der Waals surface area contributed by atoms with Crippen LogP contribution in [-0.2, 0) is 20.7 Å². The van der Waals surface area contributed by atoms with Gasteiger partial charge in [0.05, 0.1) is 7.11 Å². The van der Waals surface area contributed by atoms with Gasteiger partial charge in [0.25, 0.3) is 0 Å². The summed E-state index contributed by atoms with van der Waals surface area (Å²) in [4.78, 5) is 21.8. The van der Waals surface area contributed by atoms with E-state index in [9.17, 15) is 9.59 Å². The van der Waals surface area contributed by atoms with Crippen LogP contribution in [-0.4, -0.2) is 25.5 Å². The van der Waals surface area contributed by atoms with Crippen molar-refractivity contribution in [1.29, 1.82) is 0 Å². The highest BCUT2D eigenvalue weighted by Gasteiger charge is 2.06. The number of carbonyl (C=O) groups excluding carboxylic acids is 2. The molecule has 1 rings (SSSR count). The van der Waals surface area contributed by atoms with E-state index in [1.165, 1.54) is 14.0 Å². The zero-order chi connectivity index (χ0) is 12.8. The number of ketones is 1. The van der Waals surface area contributed by atoms with Crippen LogP contribution in [0.2, 0.25) is 5.02 Å². The van der Waals surface area contributed by atoms with Crippen LogP contribution in [0.15, 0.2) is 18.2 Å². The lowest BCUT2D eigenvalue weighted by atomic mass is 10.1. The van der Waals surface area contributed by atoms with E-state index in [0.717, 1.165) is 5.56 Å². The van der Waals surface area contributed by atoms with Crippen molar-refractivity contribution in [2.75, 3.05) is 13.7 Å². The standard InChI is InChI=1S/C12H13ClO4/c1-8(14)5-9-3-4-10(6-11(9)13)17-7-12(15)16-2/h3-4,6H,5,7H2,1-2H3. The number of benzene rings is 1. The fourth-order valence-electron chi connectivity index (χ4n) is 1.23. The number of ether oxygens (including phenoxy) is 2. The van der Waals surface area contributed by atoms with Gasteiger partial charge in [0.1, 0.15) is 11.5 Å². The van der Waals surface area contributed by atoms with Crippen molar-refractivity contribution < 1.29 is 19.1 Å². The van der Waals surface area contributed by atoms with E-state index >= 15 is 0 Å². The van der Waals surface area contributed by atoms with E-state index < -0.39 is 5.97 Å². The number of carbonyl (C=O) groups is 2. The van der Waals surface area contributed by atoms with Gasteiger partial charge in [-0.15, -0.1) is 0 Å². The molecule has 0 aliphatic carbocycles. The molecule has 5 heteroatoms. The molecule has 0 N–H and O–H groups in total. The van der Waals surface area contributed by atoms with Gasteiger partial charge >= 0.3 is 5.97 Å². The maximum absolute atomic E-state index is 11.0. The highest BCUT2D eigenvalue weighted by Crippen LogP contribution is 2.23. The highest BCUT2D eigenvalue weighted by molar-refractivity contribution is 6.31. The lowest BCUT2D eigenvalue weighted by Crippen LogP contribution is -2.12. The smallest absolute Gasteiger partial charge is 0.343 e. The average Bonchev–Trinajstić information content (AvgIpc) is 2.28. The molecule has 0 aliphatic rings. The second kappa shape index (κ2) is 6.25. The van der Waals surface area contributed by atoms with Crippen LogP contribution in [0.4, 0.5) is 0 Å². The Balaban J connectivity index is 2.68. The Morgan fingerprint density at radius 1 is 1.35 bits per heavy atom. The summed E-state index contributed by atoms with van der Waals surface area (Å²) < 4.78 is 9.59. The van der Waals surface area contributed by atoms with Gasteiger partial charge in [-0.2, -0.15) is 0 Å². The Bertz CT molecular complexity index is 429. The highest BCUT2D eigenvalue weighted by atomic mass is 35.5. The summed E-state index contributed by atoms with van der Waals surface area (Å²) in [5.74, 6) is 0.0387. The molecular weight excluding hydrogens is 244 g/mol. The van der Waals surface area contributed by atoms with Crippen LogP contribution in [0, 0.1) is 0 Å². The molecule has 0 aromatic heterocycles. The summed E-state index contributed by atoms with van der Waals surface area (Å²) in [6, 6.07) is 4.94. The van der Waals surface area contributed by atoms with E-state index in [1.807, 2.05) is 0 Å². The molecular formula is C12H13ClO4. The molecule has 0 unspecified atom stereocenters. The Kier molecular flexibility index (Phi) is 4.97. The summed E-state index contributed by atoms with van der Waals surface area (Å²) in [6.45, 7) is 1.33. The summed E-state index contributed by atoms with van der Waals surface area (Å²) in [5, 5.41) is 0.447. The first-order chi connectivity index (χ1) is 8.02. The van der Waals surface area contributed by atoms with Crippen LogP contribution < -0.4 is 4.74 Å². The second-order valence-corrected chi connectivity index (χ2v) is 3.90. The number of rotatable bonds is 5. The minimum atomic E-state index is -0.464. The molecule has 0 radical (unpaired) electrons. The minimum Gasteiger partial charge on any atom is -0.482 e. The van der Waals surface area contributed by atoms with Gasteiger partial charge in [0, 0.05) is 11.4 Å². The van der Waals surface area contributed by atoms with Crippen molar-refractivity contribution in [2.45, 2.75) is 13.3 Å². The zero-order valence-corrected chi connectivity index (χ0v) is 10.4. The third-order valence-corrected chi connectivity index (χ3v) is 2.40. The van der Waals surface area contributed by atoms with Gasteiger partial charge in [-0.3, -0.25) is 4.79 Å². The number of halogens is 1. The second-order valence-electron chi connectivity index (χ2n) is 3.50. The van der Waals surface area contributed by atoms with Crippen molar-refractivity contribution >= 4 is 23.4 Å². The van der Waals surface area contributed by atoms with Crippen LogP contribution in [0.5, 0.6) is 5.75 Å². The molecule has 92 valence electrons. The molecule has 1 aromatic carbocycles. The van der Waals surface area contributed by atoms with Gasteiger partial charge in [-0.25, -0.2) is 4.79 Å². The fourth-order valence-corrected chi connectivity index (χ4v) is 1.47. The first-order valence-corrected chi connectivity index (χ1v) is 5.38. The largest absolute Gasteiger partial charge is 0.482 e. The van der Waals surface area contributed by atoms with E-state index in [-0.39, 0.29) is 18.8 Å². The monoisotopic (exact) mass is 256 g/mol. The van der Waals surface area contributed by atoms with Crippen molar-refractivity contribution in [3.63, 3.8) is 0 Å². The van der Waals surface area contributed by atoms with Gasteiger partial charge in [0.2, 0.25) is 0 Å². The molecule has 4 nitrogen and oxygen atoms in total. The van der Waals surface area contributed by atoms with Gasteiger partial charge in [0.15, 0.2) is 6.61 Å². The third-order valence-electron chi connectivity index (χ3n) is 2.05. The molecule has 0 bridgehead atoms. The molecule has 0 spiro atoms. The Labute approximate surface area is 104 Å². The quantitative estimate of drug-likeness (QED) is 0.757. The van der Waals surface area contributed by atoms with E-state index in [2.05, 4.69) is 4.74 Å². The predicted molar refractivity (Wildman–Crippen MR) is 63.3 cm³/mol. The van der Waals surface area contributed by atoms with Crippen molar-refractivity contribution in [3.05, 3.63) is 28.8 Å². The van der Waals surface area contributed by atoms with Gasteiger partial charge in [-0.05, 0) is 24.6 Å². The molecule has 0 atom stereocenters. The molecule has 0 heterocycles. The average molecular weight is 257 g/mol. The summed E-state index contributed by atoms with van der Waals surface area (Å²) >= 11 is 5.97. The maximum Gasteiger partial charge on any atom is 0.343 e. The molecule has 0 fully saturated rings. The third kappa shape index (κ3) is 4.44. The minimum absolute atomic E-state index is 0.0372. The summed E-state index contributed by atoms with van der Waals surface area (Å²) in [6.07, 6.45) is 0.288. The van der Waals surface area contributed by atoms with Crippen molar-refractivity contribution in [1.82, 2.24) is 0 Å². The molecule has 17 heavy (non-hydrogen) atoms. The lowest BCUT2D eigenvalue weighted by Gasteiger charge is -2.07. The Hall–Kier alpha value is -1.55. The number of methoxy groups -OCH3 is 1. The number of esters is 1. The zero-order valence-electron chi connectivity index (χ0n) is 9.66. The molecule has 0 saturated carbocycles. The topological polar surface area (TPSA) is 52.6 Å². The first-order valence-electron chi connectivity index (χ1n) is 5.00. The normalized spacial score (nSPS) is 9.82. The van der Waals surface area contributed by atoms with Crippen molar-refractivity contribution in [3.8, 4) is 5.75 Å². The van der Waals surface area contributed by atoms with Gasteiger partial charge < -0.3 is 9.47 Å². The fraction of sp³-hybridized carbons (Fsp3) is 0.333. The summed E-state index contributed by atoms with van der Waals surface area (Å²) in [7, 11) is 1.29. The number of hydrogen-bond donors (Lipinski definition) is 0. The Morgan fingerprint density at radius 3 is 2.59 bits per heavy atom. The van der Waals surface area contributed by atoms with E-state index in [0.29, 0.717) is 10.8 Å². The van der Waals surface area contributed by atoms with Crippen LogP contribution in [0.1, 0.15) is 12.5 Å². The van der Waals surface area contributed by atoms with Crippen molar-refractivity contribution in [2.24, 2.45) is 0 Å². The number of hydrogen-bond acceptors (Lipinski definition) is 4. The SMILES string of the molecule is COC(=O)COc1ccc(CC(C)=O)c(Cl)c1. The van der Waals surface area contributed by atoms with E-state index in [4.69, 9.17) is 16.3 Å². The van der Waals surface area contributed by atoms with E-state index in [1.54, 1.807) is 18.2 Å². The Morgan fingerprint density at radius 2 is 2.06 bits per heavy atom. The summed E-state index contributed by atoms with van der Waals surface area (Å²) in [5.41, 5.74) is 0.740. The molecule has 0 amide bonds. The number of Topliss-reactive ketones (excluding diaryl/α,β-unsaturated/α-hetero) is 1. The molecule has 1 aromatic rings. The predicted octanol–water partition coefficient (Wildman–Crippen LogP) is 2.02. The lowest BCUT2D eigenvalue weighted by molar-refractivity contribution is -0.142. The van der Waals surface area contributed by atoms with Crippen LogP contribution in [0.25, 0.3) is 0 Å². The maximum atomic E-state index is 11.0.